The minimum absolute atomic E-state index is 0.0279. The van der Waals surface area contributed by atoms with E-state index in [0.29, 0.717) is 17.1 Å². The molecule has 0 bridgehead atoms. The lowest BCUT2D eigenvalue weighted by atomic mass is 9.86. The Morgan fingerprint density at radius 3 is 2.08 bits per heavy atom. The van der Waals surface area contributed by atoms with Gasteiger partial charge in [0.2, 0.25) is 0 Å². The fourth-order valence-electron chi connectivity index (χ4n) is 2.67. The minimum atomic E-state index is -0.214. The van der Waals surface area contributed by atoms with Crippen molar-refractivity contribution in [2.24, 2.45) is 0 Å². The molecule has 0 atom stereocenters. The number of carbonyl (C=O) groups is 1. The molecular formula is C23H22O3. The Balaban J connectivity index is 1.81. The number of hydrogen-bond acceptors (Lipinski definition) is 3. The molecule has 3 heteroatoms. The van der Waals surface area contributed by atoms with Gasteiger partial charge in [0.15, 0.2) is 5.78 Å². The molecule has 3 aromatic carbocycles. The van der Waals surface area contributed by atoms with Gasteiger partial charge in [0, 0.05) is 11.6 Å². The number of ether oxygens (including phenoxy) is 1. The van der Waals surface area contributed by atoms with Crippen LogP contribution in [0.25, 0.3) is 0 Å². The lowest BCUT2D eigenvalue weighted by molar-refractivity contribution is 0.103. The van der Waals surface area contributed by atoms with Crippen molar-refractivity contribution in [3.63, 3.8) is 0 Å². The topological polar surface area (TPSA) is 46.5 Å². The van der Waals surface area contributed by atoms with E-state index in [2.05, 4.69) is 20.8 Å². The first-order chi connectivity index (χ1) is 12.3. The standard InChI is InChI=1S/C23H22O3/c1-23(2,3)17-11-9-16(10-12-17)22(25)20-14-13-19(15-21(20)24)26-18-7-5-4-6-8-18/h4-15,24H,1-3H3. The molecule has 3 aromatic rings. The summed E-state index contributed by atoms with van der Waals surface area (Å²) in [5, 5.41) is 10.3. The van der Waals surface area contributed by atoms with E-state index in [0.717, 1.165) is 5.56 Å². The third kappa shape index (κ3) is 3.94. The van der Waals surface area contributed by atoms with E-state index in [1.54, 1.807) is 24.3 Å². The van der Waals surface area contributed by atoms with Crippen LogP contribution in [0.1, 0.15) is 42.3 Å². The van der Waals surface area contributed by atoms with Crippen molar-refractivity contribution in [3.05, 3.63) is 89.5 Å². The molecule has 0 amide bonds. The zero-order valence-corrected chi connectivity index (χ0v) is 15.2. The van der Waals surface area contributed by atoms with Crippen LogP contribution in [0.4, 0.5) is 0 Å². The number of phenols is 1. The second-order valence-corrected chi connectivity index (χ2v) is 7.25. The molecule has 0 fully saturated rings. The first kappa shape index (κ1) is 17.7. The van der Waals surface area contributed by atoms with Crippen molar-refractivity contribution in [1.29, 1.82) is 0 Å². The van der Waals surface area contributed by atoms with Crippen molar-refractivity contribution in [3.8, 4) is 17.2 Å². The van der Waals surface area contributed by atoms with E-state index >= 15 is 0 Å². The first-order valence-electron chi connectivity index (χ1n) is 8.56. The van der Waals surface area contributed by atoms with Crippen LogP contribution in [0.2, 0.25) is 0 Å². The summed E-state index contributed by atoms with van der Waals surface area (Å²) in [5.41, 5.74) is 1.99. The van der Waals surface area contributed by atoms with E-state index < -0.39 is 0 Å². The number of rotatable bonds is 4. The van der Waals surface area contributed by atoms with Gasteiger partial charge in [-0.2, -0.15) is 0 Å². The normalized spacial score (nSPS) is 11.2. The summed E-state index contributed by atoms with van der Waals surface area (Å²) in [6, 6.07) is 21.5. The van der Waals surface area contributed by atoms with E-state index in [9.17, 15) is 9.90 Å². The van der Waals surface area contributed by atoms with Gasteiger partial charge in [-0.05, 0) is 35.2 Å². The molecule has 26 heavy (non-hydrogen) atoms. The molecule has 0 spiro atoms. The molecule has 0 saturated heterocycles. The number of benzene rings is 3. The molecular weight excluding hydrogens is 324 g/mol. The summed E-state index contributed by atoms with van der Waals surface area (Å²) in [4.78, 5) is 12.7. The largest absolute Gasteiger partial charge is 0.507 e. The SMILES string of the molecule is CC(C)(C)c1ccc(C(=O)c2ccc(Oc3ccccc3)cc2O)cc1. The number of carbonyl (C=O) groups excluding carboxylic acids is 1. The van der Waals surface area contributed by atoms with Crippen molar-refractivity contribution < 1.29 is 14.6 Å². The Bertz CT molecular complexity index is 904. The predicted octanol–water partition coefficient (Wildman–Crippen LogP) is 5.71. The molecule has 0 unspecified atom stereocenters. The first-order valence-corrected chi connectivity index (χ1v) is 8.56. The fourth-order valence-corrected chi connectivity index (χ4v) is 2.67. The van der Waals surface area contributed by atoms with Crippen LogP contribution >= 0.6 is 0 Å². The smallest absolute Gasteiger partial charge is 0.196 e. The van der Waals surface area contributed by atoms with E-state index in [1.807, 2.05) is 42.5 Å². The van der Waals surface area contributed by atoms with Crippen LogP contribution < -0.4 is 4.74 Å². The highest BCUT2D eigenvalue weighted by Crippen LogP contribution is 2.29. The third-order valence-corrected chi connectivity index (χ3v) is 4.21. The summed E-state index contributed by atoms with van der Waals surface area (Å²) < 4.78 is 5.68. The van der Waals surface area contributed by atoms with Crippen molar-refractivity contribution >= 4 is 5.78 Å². The molecule has 1 N–H and O–H groups in total. The maximum absolute atomic E-state index is 12.7. The Kier molecular flexibility index (Phi) is 4.81. The van der Waals surface area contributed by atoms with Crippen LogP contribution in [-0.2, 0) is 5.41 Å². The second-order valence-electron chi connectivity index (χ2n) is 7.25. The van der Waals surface area contributed by atoms with Gasteiger partial charge in [0.1, 0.15) is 17.2 Å². The van der Waals surface area contributed by atoms with Crippen molar-refractivity contribution in [2.45, 2.75) is 26.2 Å². The Hall–Kier alpha value is -3.07. The van der Waals surface area contributed by atoms with Crippen LogP contribution in [0.5, 0.6) is 17.2 Å². The molecule has 0 aliphatic rings. The summed E-state index contributed by atoms with van der Waals surface area (Å²) in [6.45, 7) is 6.38. The fraction of sp³-hybridized carbons (Fsp3) is 0.174. The van der Waals surface area contributed by atoms with Gasteiger partial charge >= 0.3 is 0 Å². The summed E-state index contributed by atoms with van der Waals surface area (Å²) in [5.74, 6) is 0.842. The van der Waals surface area contributed by atoms with E-state index in [4.69, 9.17) is 4.74 Å². The van der Waals surface area contributed by atoms with Crippen LogP contribution in [0.3, 0.4) is 0 Å². The Morgan fingerprint density at radius 2 is 1.50 bits per heavy atom. The number of hydrogen-bond donors (Lipinski definition) is 1. The molecule has 0 saturated carbocycles. The molecule has 0 radical (unpaired) electrons. The van der Waals surface area contributed by atoms with Crippen molar-refractivity contribution in [2.75, 3.05) is 0 Å². The van der Waals surface area contributed by atoms with Gasteiger partial charge in [-0.1, -0.05) is 63.2 Å². The Morgan fingerprint density at radius 1 is 0.846 bits per heavy atom. The van der Waals surface area contributed by atoms with Crippen LogP contribution in [-0.4, -0.2) is 10.9 Å². The number of aromatic hydroxyl groups is 1. The minimum Gasteiger partial charge on any atom is -0.507 e. The second kappa shape index (κ2) is 7.04. The summed E-state index contributed by atoms with van der Waals surface area (Å²) in [6.07, 6.45) is 0. The zero-order chi connectivity index (χ0) is 18.7. The molecule has 3 rings (SSSR count). The average molecular weight is 346 g/mol. The van der Waals surface area contributed by atoms with E-state index in [-0.39, 0.29) is 22.5 Å². The van der Waals surface area contributed by atoms with Gasteiger partial charge in [0.05, 0.1) is 5.56 Å². The predicted molar refractivity (Wildman–Crippen MR) is 103 cm³/mol. The molecule has 0 aliphatic heterocycles. The maximum Gasteiger partial charge on any atom is 0.196 e. The highest BCUT2D eigenvalue weighted by Gasteiger charge is 2.17. The van der Waals surface area contributed by atoms with Gasteiger partial charge < -0.3 is 9.84 Å². The van der Waals surface area contributed by atoms with E-state index in [1.165, 1.54) is 6.07 Å². The molecule has 0 aliphatic carbocycles. The average Bonchev–Trinajstić information content (AvgIpc) is 2.62. The molecule has 3 nitrogen and oxygen atoms in total. The van der Waals surface area contributed by atoms with Crippen molar-refractivity contribution in [1.82, 2.24) is 0 Å². The number of para-hydroxylation sites is 1. The van der Waals surface area contributed by atoms with Crippen LogP contribution in [0.15, 0.2) is 72.8 Å². The quantitative estimate of drug-likeness (QED) is 0.615. The zero-order valence-electron chi connectivity index (χ0n) is 15.2. The lowest BCUT2D eigenvalue weighted by Crippen LogP contribution is -2.11. The summed E-state index contributed by atoms with van der Waals surface area (Å²) in [7, 11) is 0. The summed E-state index contributed by atoms with van der Waals surface area (Å²) >= 11 is 0. The number of phenolic OH excluding ortho intramolecular Hbond substituents is 1. The molecule has 132 valence electrons. The molecule has 0 heterocycles. The monoisotopic (exact) mass is 346 g/mol. The third-order valence-electron chi connectivity index (χ3n) is 4.21. The Labute approximate surface area is 153 Å². The molecule has 0 aromatic heterocycles. The van der Waals surface area contributed by atoms with Gasteiger partial charge in [-0.15, -0.1) is 0 Å². The maximum atomic E-state index is 12.7. The number of ketones is 1. The highest BCUT2D eigenvalue weighted by atomic mass is 16.5. The van der Waals surface area contributed by atoms with Gasteiger partial charge in [0.25, 0.3) is 0 Å². The van der Waals surface area contributed by atoms with Gasteiger partial charge in [-0.25, -0.2) is 0 Å². The highest BCUT2D eigenvalue weighted by molar-refractivity contribution is 6.10. The lowest BCUT2D eigenvalue weighted by Gasteiger charge is -2.19. The van der Waals surface area contributed by atoms with Gasteiger partial charge in [-0.3, -0.25) is 4.79 Å². The van der Waals surface area contributed by atoms with Crippen LogP contribution in [0, 0.1) is 0 Å².